The van der Waals surface area contributed by atoms with Crippen molar-refractivity contribution >= 4 is 0 Å². The van der Waals surface area contributed by atoms with Crippen molar-refractivity contribution in [2.45, 2.75) is 19.3 Å². The number of nitrogens with zero attached hydrogens (tertiary/aromatic N) is 2. The molecule has 0 saturated heterocycles. The summed E-state index contributed by atoms with van der Waals surface area (Å²) in [5, 5.41) is 0. The Hall–Kier alpha value is -1.74. The second-order valence-corrected chi connectivity index (χ2v) is 3.97. The summed E-state index contributed by atoms with van der Waals surface area (Å²) in [4.78, 5) is 8.78. The maximum Gasteiger partial charge on any atom is 0.0918 e. The Balaban J connectivity index is 2.22. The monoisotopic (exact) mass is 227 g/mol. The first-order chi connectivity index (χ1) is 8.42. The standard InChI is InChI=1S/C14H17N3/c15-9-3-1-6-12-7-5-11-17-14(12)13-8-2-4-10-16-13/h2,4-5,7-8,10-11H,1,3,6,9,15H2. The highest BCUT2D eigenvalue weighted by atomic mass is 14.8. The second kappa shape index (κ2) is 6.11. The number of aromatic nitrogens is 2. The fourth-order valence-electron chi connectivity index (χ4n) is 1.83. The number of pyridine rings is 2. The smallest absolute Gasteiger partial charge is 0.0918 e. The van der Waals surface area contributed by atoms with Crippen LogP contribution in [-0.4, -0.2) is 16.5 Å². The Morgan fingerprint density at radius 3 is 2.59 bits per heavy atom. The van der Waals surface area contributed by atoms with Crippen LogP contribution in [0.2, 0.25) is 0 Å². The van der Waals surface area contributed by atoms with Crippen molar-refractivity contribution in [3.8, 4) is 11.4 Å². The van der Waals surface area contributed by atoms with E-state index in [0.29, 0.717) is 0 Å². The van der Waals surface area contributed by atoms with Crippen LogP contribution in [0.5, 0.6) is 0 Å². The zero-order chi connectivity index (χ0) is 11.9. The van der Waals surface area contributed by atoms with Gasteiger partial charge < -0.3 is 5.73 Å². The highest BCUT2D eigenvalue weighted by Crippen LogP contribution is 2.19. The van der Waals surface area contributed by atoms with Gasteiger partial charge in [-0.25, -0.2) is 0 Å². The molecule has 0 spiro atoms. The van der Waals surface area contributed by atoms with E-state index in [9.17, 15) is 0 Å². The molecule has 2 aromatic rings. The van der Waals surface area contributed by atoms with Gasteiger partial charge in [-0.15, -0.1) is 0 Å². The summed E-state index contributed by atoms with van der Waals surface area (Å²) >= 11 is 0. The molecule has 0 saturated carbocycles. The van der Waals surface area contributed by atoms with E-state index in [4.69, 9.17) is 5.73 Å². The van der Waals surface area contributed by atoms with Gasteiger partial charge in [0.1, 0.15) is 0 Å². The van der Waals surface area contributed by atoms with Crippen LogP contribution in [0.15, 0.2) is 42.7 Å². The first kappa shape index (κ1) is 11.7. The third-order valence-corrected chi connectivity index (χ3v) is 2.70. The van der Waals surface area contributed by atoms with Crippen LogP contribution in [0.3, 0.4) is 0 Å². The number of hydrogen-bond acceptors (Lipinski definition) is 3. The molecule has 3 nitrogen and oxygen atoms in total. The van der Waals surface area contributed by atoms with Crippen molar-refractivity contribution < 1.29 is 0 Å². The molecule has 2 N–H and O–H groups in total. The lowest BCUT2D eigenvalue weighted by molar-refractivity contribution is 0.744. The summed E-state index contributed by atoms with van der Waals surface area (Å²) in [5.74, 6) is 0. The third-order valence-electron chi connectivity index (χ3n) is 2.70. The molecule has 0 aliphatic carbocycles. The van der Waals surface area contributed by atoms with Crippen molar-refractivity contribution in [3.63, 3.8) is 0 Å². The molecule has 0 radical (unpaired) electrons. The summed E-state index contributed by atoms with van der Waals surface area (Å²) in [6, 6.07) is 9.99. The summed E-state index contributed by atoms with van der Waals surface area (Å²) in [6.07, 6.45) is 6.78. The zero-order valence-corrected chi connectivity index (χ0v) is 9.84. The summed E-state index contributed by atoms with van der Waals surface area (Å²) in [5.41, 5.74) is 8.69. The molecule has 0 bridgehead atoms. The second-order valence-electron chi connectivity index (χ2n) is 3.97. The van der Waals surface area contributed by atoms with E-state index < -0.39 is 0 Å². The van der Waals surface area contributed by atoms with Gasteiger partial charge in [0.2, 0.25) is 0 Å². The molecule has 0 amide bonds. The largest absolute Gasteiger partial charge is 0.330 e. The molecule has 0 aromatic carbocycles. The van der Waals surface area contributed by atoms with Gasteiger partial charge >= 0.3 is 0 Å². The molecule has 88 valence electrons. The van der Waals surface area contributed by atoms with E-state index in [-0.39, 0.29) is 0 Å². The van der Waals surface area contributed by atoms with E-state index in [1.807, 2.05) is 30.5 Å². The maximum absolute atomic E-state index is 5.51. The molecule has 2 rings (SSSR count). The molecule has 0 aliphatic heterocycles. The number of nitrogens with two attached hydrogens (primary N) is 1. The predicted molar refractivity (Wildman–Crippen MR) is 69.5 cm³/mol. The first-order valence-corrected chi connectivity index (χ1v) is 5.97. The predicted octanol–water partition coefficient (Wildman–Crippen LogP) is 2.43. The maximum atomic E-state index is 5.51. The minimum absolute atomic E-state index is 0.749. The highest BCUT2D eigenvalue weighted by Gasteiger charge is 2.06. The fraction of sp³-hybridized carbons (Fsp3) is 0.286. The lowest BCUT2D eigenvalue weighted by Crippen LogP contribution is -2.00. The number of hydrogen-bond donors (Lipinski definition) is 1. The van der Waals surface area contributed by atoms with Gasteiger partial charge in [-0.1, -0.05) is 12.1 Å². The Kier molecular flexibility index (Phi) is 4.22. The van der Waals surface area contributed by atoms with Gasteiger partial charge in [0.15, 0.2) is 0 Å². The Morgan fingerprint density at radius 1 is 0.941 bits per heavy atom. The van der Waals surface area contributed by atoms with E-state index in [0.717, 1.165) is 37.2 Å². The van der Waals surface area contributed by atoms with E-state index in [1.54, 1.807) is 6.20 Å². The quantitative estimate of drug-likeness (QED) is 0.798. The molecule has 2 heterocycles. The van der Waals surface area contributed by atoms with Gasteiger partial charge in [-0.05, 0) is 49.6 Å². The SMILES string of the molecule is NCCCCc1cccnc1-c1ccccn1. The van der Waals surface area contributed by atoms with Gasteiger partial charge in [-0.2, -0.15) is 0 Å². The average molecular weight is 227 g/mol. The van der Waals surface area contributed by atoms with Crippen LogP contribution in [0.1, 0.15) is 18.4 Å². The van der Waals surface area contributed by atoms with E-state index >= 15 is 0 Å². The van der Waals surface area contributed by atoms with Crippen LogP contribution < -0.4 is 5.73 Å². The lowest BCUT2D eigenvalue weighted by Gasteiger charge is -2.07. The lowest BCUT2D eigenvalue weighted by atomic mass is 10.0. The van der Waals surface area contributed by atoms with Crippen LogP contribution in [-0.2, 0) is 6.42 Å². The first-order valence-electron chi connectivity index (χ1n) is 5.97. The molecule has 2 aromatic heterocycles. The molecule has 3 heteroatoms. The normalized spacial score (nSPS) is 10.4. The van der Waals surface area contributed by atoms with Crippen molar-refractivity contribution in [3.05, 3.63) is 48.3 Å². The van der Waals surface area contributed by atoms with Gasteiger partial charge in [0.25, 0.3) is 0 Å². The molecule has 0 fully saturated rings. The average Bonchev–Trinajstić information content (AvgIpc) is 2.41. The molecule has 0 aliphatic rings. The van der Waals surface area contributed by atoms with Crippen LogP contribution >= 0.6 is 0 Å². The molecule has 17 heavy (non-hydrogen) atoms. The topological polar surface area (TPSA) is 51.8 Å². The summed E-state index contributed by atoms with van der Waals surface area (Å²) < 4.78 is 0. The molecule has 0 unspecified atom stereocenters. The fourth-order valence-corrected chi connectivity index (χ4v) is 1.83. The third kappa shape index (κ3) is 3.11. The minimum Gasteiger partial charge on any atom is -0.330 e. The van der Waals surface area contributed by atoms with E-state index in [1.165, 1.54) is 5.56 Å². The van der Waals surface area contributed by atoms with Crippen LogP contribution in [0, 0.1) is 0 Å². The van der Waals surface area contributed by atoms with Gasteiger partial charge in [-0.3, -0.25) is 9.97 Å². The summed E-state index contributed by atoms with van der Waals surface area (Å²) in [6.45, 7) is 0.749. The highest BCUT2D eigenvalue weighted by molar-refractivity contribution is 5.58. The van der Waals surface area contributed by atoms with E-state index in [2.05, 4.69) is 16.0 Å². The van der Waals surface area contributed by atoms with Crippen molar-refractivity contribution in [1.82, 2.24) is 9.97 Å². The van der Waals surface area contributed by atoms with Gasteiger partial charge in [0, 0.05) is 12.4 Å². The Bertz CT molecular complexity index is 454. The minimum atomic E-state index is 0.749. The number of unbranched alkanes of at least 4 members (excludes halogenated alkanes) is 1. The molecular formula is C14H17N3. The molecule has 0 atom stereocenters. The summed E-state index contributed by atoms with van der Waals surface area (Å²) in [7, 11) is 0. The number of rotatable bonds is 5. The number of aryl methyl sites for hydroxylation is 1. The Morgan fingerprint density at radius 2 is 1.82 bits per heavy atom. The van der Waals surface area contributed by atoms with Gasteiger partial charge in [0.05, 0.1) is 11.4 Å². The van der Waals surface area contributed by atoms with Crippen molar-refractivity contribution in [2.24, 2.45) is 5.73 Å². The van der Waals surface area contributed by atoms with Crippen molar-refractivity contribution in [2.75, 3.05) is 6.54 Å². The van der Waals surface area contributed by atoms with Crippen LogP contribution in [0.25, 0.3) is 11.4 Å². The van der Waals surface area contributed by atoms with Crippen molar-refractivity contribution in [1.29, 1.82) is 0 Å². The molecular weight excluding hydrogens is 210 g/mol. The van der Waals surface area contributed by atoms with Crippen LogP contribution in [0.4, 0.5) is 0 Å². The Labute approximate surface area is 102 Å². The zero-order valence-electron chi connectivity index (χ0n) is 9.84.